The van der Waals surface area contributed by atoms with Gasteiger partial charge in [0.25, 0.3) is 14.1 Å². The highest BCUT2D eigenvalue weighted by molar-refractivity contribution is 7.43. The minimum absolute atomic E-state index is 0.301. The van der Waals surface area contributed by atoms with Crippen LogP contribution in [0.15, 0.2) is 21.9 Å². The summed E-state index contributed by atoms with van der Waals surface area (Å²) < 4.78 is 31.1. The smallest absolute Gasteiger partial charge is 0.330 e. The molecule has 1 aromatic heterocycles. The van der Waals surface area contributed by atoms with Crippen molar-refractivity contribution in [1.82, 2.24) is 14.6 Å². The topological polar surface area (TPSA) is 152 Å². The normalized spacial score (nSPS) is 28.5. The Morgan fingerprint density at radius 1 is 1.54 bits per heavy atom. The van der Waals surface area contributed by atoms with Gasteiger partial charge in [0.2, 0.25) is 0 Å². The maximum absolute atomic E-state index is 15.0. The van der Waals surface area contributed by atoms with E-state index in [2.05, 4.69) is 5.09 Å². The van der Waals surface area contributed by atoms with E-state index >= 15 is 0 Å². The number of hydrogen-bond donors (Lipinski definition) is 4. The Kier molecular flexibility index (Phi) is 7.43. The summed E-state index contributed by atoms with van der Waals surface area (Å²) in [6.45, 7) is 3.68. The van der Waals surface area contributed by atoms with Crippen LogP contribution in [0, 0.1) is 0 Å². The predicted molar refractivity (Wildman–Crippen MR) is 95.1 cm³/mol. The van der Waals surface area contributed by atoms with Crippen LogP contribution in [0.4, 0.5) is 4.39 Å². The first-order valence-corrected chi connectivity index (χ1v) is 9.62. The zero-order valence-corrected chi connectivity index (χ0v) is 16.4. The van der Waals surface area contributed by atoms with E-state index in [1.165, 1.54) is 0 Å². The number of rotatable bonds is 8. The molecule has 0 spiro atoms. The molecule has 1 unspecified atom stereocenters. The van der Waals surface area contributed by atoms with Gasteiger partial charge in [-0.15, -0.1) is 0 Å². The lowest BCUT2D eigenvalue weighted by Crippen LogP contribution is -2.43. The number of H-pyrrole nitrogens is 1. The lowest BCUT2D eigenvalue weighted by Gasteiger charge is -2.24. The molecule has 4 N–H and O–H groups in total. The van der Waals surface area contributed by atoms with Crippen molar-refractivity contribution in [2.24, 2.45) is 0 Å². The van der Waals surface area contributed by atoms with Crippen LogP contribution in [0.1, 0.15) is 27.0 Å². The maximum atomic E-state index is 15.0. The third-order valence-electron chi connectivity index (χ3n) is 3.91. The second kappa shape index (κ2) is 9.21. The van der Waals surface area contributed by atoms with Crippen molar-refractivity contribution in [1.29, 1.82) is 0 Å². The van der Waals surface area contributed by atoms with Crippen LogP contribution in [0.5, 0.6) is 0 Å². The highest BCUT2D eigenvalue weighted by Crippen LogP contribution is 2.41. The van der Waals surface area contributed by atoms with Crippen LogP contribution in [-0.2, 0) is 18.8 Å². The molecule has 2 heterocycles. The monoisotopic (exact) mass is 423 g/mol. The van der Waals surface area contributed by atoms with E-state index in [0.717, 1.165) is 23.8 Å². The number of carbonyl (C=O) groups excluding carboxylic acids is 1. The Morgan fingerprint density at radius 2 is 2.21 bits per heavy atom. The van der Waals surface area contributed by atoms with E-state index in [1.807, 2.05) is 4.98 Å². The van der Waals surface area contributed by atoms with Crippen molar-refractivity contribution in [3.05, 3.63) is 33.1 Å². The Balaban J connectivity index is 1.95. The minimum atomic E-state index is -2.37. The number of hydrogen-bond acceptors (Lipinski definition) is 9. The molecule has 0 saturated carbocycles. The maximum Gasteiger partial charge on any atom is 0.330 e. The second-order valence-electron chi connectivity index (χ2n) is 6.58. The molecule has 0 radical (unpaired) electrons. The second-order valence-corrected chi connectivity index (χ2v) is 7.70. The van der Waals surface area contributed by atoms with E-state index in [1.54, 1.807) is 13.8 Å². The number of aromatic nitrogens is 2. The molecular formula is C15H23FN3O8P. The number of alkyl halides is 1. The van der Waals surface area contributed by atoms with E-state index in [-0.39, 0.29) is 12.6 Å². The van der Waals surface area contributed by atoms with E-state index in [4.69, 9.17) is 14.0 Å². The standard InChI is InChI=1S/C15H23FN3O8P/c1-8(2)26-11(21)6-17-28(24)25-7-9-12(22)15(3,16)13(27-9)19-5-4-10(20)18-14(19)23/h4-5,8-9,12-13,17,22,24H,6-7H2,1-3H3,(H,18,20,23)/t9-,12-,13-,15-,28?/m1/s1. The first kappa shape index (κ1) is 22.6. The van der Waals surface area contributed by atoms with Crippen molar-refractivity contribution < 1.29 is 33.2 Å². The molecule has 1 aromatic rings. The Labute approximate surface area is 160 Å². The van der Waals surface area contributed by atoms with Crippen LogP contribution in [0.25, 0.3) is 0 Å². The molecule has 1 aliphatic heterocycles. The lowest BCUT2D eigenvalue weighted by molar-refractivity contribution is -0.145. The number of ether oxygens (including phenoxy) is 2. The highest BCUT2D eigenvalue weighted by atomic mass is 31.2. The van der Waals surface area contributed by atoms with Crippen LogP contribution >= 0.6 is 8.53 Å². The van der Waals surface area contributed by atoms with Crippen LogP contribution in [0.3, 0.4) is 0 Å². The summed E-state index contributed by atoms with van der Waals surface area (Å²) in [5.41, 5.74) is -3.93. The lowest BCUT2D eigenvalue weighted by atomic mass is 9.98. The third kappa shape index (κ3) is 5.43. The summed E-state index contributed by atoms with van der Waals surface area (Å²) in [6, 6.07) is 1.02. The van der Waals surface area contributed by atoms with Gasteiger partial charge < -0.3 is 24.0 Å². The molecule has 0 amide bonds. The fourth-order valence-corrected chi connectivity index (χ4v) is 3.23. The summed E-state index contributed by atoms with van der Waals surface area (Å²) in [5, 5.41) is 12.6. The third-order valence-corrected chi connectivity index (χ3v) is 4.73. The molecule has 5 atom stereocenters. The van der Waals surface area contributed by atoms with Crippen molar-refractivity contribution in [3.63, 3.8) is 0 Å². The first-order valence-electron chi connectivity index (χ1n) is 8.41. The summed E-state index contributed by atoms with van der Waals surface area (Å²) >= 11 is 0. The van der Waals surface area contributed by atoms with E-state index in [0.29, 0.717) is 0 Å². The number of esters is 1. The number of halogens is 1. The number of aliphatic hydroxyl groups is 1. The number of carbonyl (C=O) groups is 1. The molecule has 1 aliphatic rings. The molecule has 0 aliphatic carbocycles. The molecule has 2 rings (SSSR count). The van der Waals surface area contributed by atoms with Gasteiger partial charge in [0.05, 0.1) is 12.7 Å². The van der Waals surface area contributed by atoms with Gasteiger partial charge in [0.15, 0.2) is 11.9 Å². The molecule has 0 bridgehead atoms. The van der Waals surface area contributed by atoms with Crippen LogP contribution < -0.4 is 16.3 Å². The summed E-state index contributed by atoms with van der Waals surface area (Å²) in [4.78, 5) is 46.2. The molecule has 0 aromatic carbocycles. The number of aromatic amines is 1. The minimum Gasteiger partial charge on any atom is -0.462 e. The molecule has 28 heavy (non-hydrogen) atoms. The number of aliphatic hydroxyl groups excluding tert-OH is 1. The Hall–Kier alpha value is -1.69. The van der Waals surface area contributed by atoms with Gasteiger partial charge in [-0.25, -0.2) is 14.3 Å². The van der Waals surface area contributed by atoms with Gasteiger partial charge in [0.1, 0.15) is 18.8 Å². The van der Waals surface area contributed by atoms with Crippen molar-refractivity contribution >= 4 is 14.5 Å². The summed E-state index contributed by atoms with van der Waals surface area (Å²) in [7, 11) is -2.26. The van der Waals surface area contributed by atoms with Gasteiger partial charge in [-0.2, -0.15) is 0 Å². The largest absolute Gasteiger partial charge is 0.462 e. The molecule has 1 saturated heterocycles. The number of nitrogens with zero attached hydrogens (tertiary/aromatic N) is 1. The number of nitrogens with one attached hydrogen (secondary N) is 2. The van der Waals surface area contributed by atoms with Crippen LogP contribution in [-0.4, -0.2) is 62.7 Å². The highest BCUT2D eigenvalue weighted by Gasteiger charge is 2.55. The van der Waals surface area contributed by atoms with Gasteiger partial charge in [-0.3, -0.25) is 19.1 Å². The molecular weight excluding hydrogens is 400 g/mol. The van der Waals surface area contributed by atoms with Gasteiger partial charge in [-0.1, -0.05) is 0 Å². The van der Waals surface area contributed by atoms with Crippen LogP contribution in [0.2, 0.25) is 0 Å². The quantitative estimate of drug-likeness (QED) is 0.314. The fraction of sp³-hybridized carbons (Fsp3) is 0.667. The average Bonchev–Trinajstić information content (AvgIpc) is 2.81. The molecule has 13 heteroatoms. The van der Waals surface area contributed by atoms with Crippen molar-refractivity contribution in [3.8, 4) is 0 Å². The molecule has 11 nitrogen and oxygen atoms in total. The van der Waals surface area contributed by atoms with Gasteiger partial charge >= 0.3 is 11.7 Å². The summed E-state index contributed by atoms with van der Waals surface area (Å²) in [6.07, 6.45) is -3.65. The average molecular weight is 423 g/mol. The molecule has 1 fully saturated rings. The first-order chi connectivity index (χ1) is 13.0. The predicted octanol–water partition coefficient (Wildman–Crippen LogP) is -0.700. The zero-order chi connectivity index (χ0) is 21.1. The molecule has 158 valence electrons. The SMILES string of the molecule is CC(C)OC(=O)CNP(O)OC[C@H]1O[C@@H](n2ccc(=O)[nH]c2=O)[C@](C)(F)[C@@H]1O. The Bertz CT molecular complexity index is 798. The van der Waals surface area contributed by atoms with Crippen molar-refractivity contribution in [2.75, 3.05) is 13.2 Å². The van der Waals surface area contributed by atoms with Gasteiger partial charge in [-0.05, 0) is 20.8 Å². The van der Waals surface area contributed by atoms with Gasteiger partial charge in [0, 0.05) is 12.3 Å². The van der Waals surface area contributed by atoms with E-state index in [9.17, 15) is 28.8 Å². The Morgan fingerprint density at radius 3 is 2.82 bits per heavy atom. The van der Waals surface area contributed by atoms with Crippen molar-refractivity contribution in [2.45, 2.75) is 51.0 Å². The fourth-order valence-electron chi connectivity index (χ4n) is 2.59. The van der Waals surface area contributed by atoms with E-state index < -0.39 is 56.5 Å². The summed E-state index contributed by atoms with van der Waals surface area (Å²) in [5.74, 6) is -0.592. The zero-order valence-electron chi connectivity index (χ0n) is 15.5.